The molecule has 0 radical (unpaired) electrons. The third kappa shape index (κ3) is 2.20. The minimum Gasteiger partial charge on any atom is -0.394 e. The van der Waals surface area contributed by atoms with E-state index in [2.05, 4.69) is 13.8 Å². The van der Waals surface area contributed by atoms with E-state index >= 15 is 0 Å². The van der Waals surface area contributed by atoms with Crippen LogP contribution in [0.15, 0.2) is 11.6 Å². The first-order valence-electron chi connectivity index (χ1n) is 10.0. The molecule has 0 spiro atoms. The van der Waals surface area contributed by atoms with E-state index in [0.29, 0.717) is 30.6 Å². The van der Waals surface area contributed by atoms with Gasteiger partial charge in [-0.25, -0.2) is 0 Å². The van der Waals surface area contributed by atoms with E-state index in [4.69, 9.17) is 0 Å². The second-order valence-electron chi connectivity index (χ2n) is 9.59. The van der Waals surface area contributed by atoms with Gasteiger partial charge >= 0.3 is 0 Å². The summed E-state index contributed by atoms with van der Waals surface area (Å²) in [4.78, 5) is 11.9. The zero-order valence-electron chi connectivity index (χ0n) is 15.5. The molecule has 4 nitrogen and oxygen atoms in total. The Labute approximate surface area is 150 Å². The Morgan fingerprint density at radius 2 is 1.84 bits per heavy atom. The molecular weight excluding hydrogens is 316 g/mol. The van der Waals surface area contributed by atoms with Gasteiger partial charge in [-0.05, 0) is 74.2 Å². The average Bonchev–Trinajstić information content (AvgIpc) is 2.87. The number of allylic oxidation sites excluding steroid dienone is 1. The van der Waals surface area contributed by atoms with Gasteiger partial charge in [0.15, 0.2) is 5.78 Å². The van der Waals surface area contributed by atoms with Crippen LogP contribution in [0.1, 0.15) is 65.2 Å². The smallest absolute Gasteiger partial charge is 0.155 e. The van der Waals surface area contributed by atoms with Crippen molar-refractivity contribution in [3.8, 4) is 0 Å². The van der Waals surface area contributed by atoms with E-state index in [1.54, 1.807) is 0 Å². The van der Waals surface area contributed by atoms with Crippen LogP contribution in [0.2, 0.25) is 0 Å². The minimum absolute atomic E-state index is 0.133. The molecule has 4 rings (SSSR count). The molecule has 0 unspecified atom stereocenters. The Hall–Kier alpha value is -0.710. The highest BCUT2D eigenvalue weighted by Gasteiger charge is 2.65. The van der Waals surface area contributed by atoms with Crippen molar-refractivity contribution >= 4 is 5.78 Å². The Balaban J connectivity index is 1.67. The fraction of sp³-hybridized carbons (Fsp3) is 0.857. The van der Waals surface area contributed by atoms with Gasteiger partial charge < -0.3 is 15.3 Å². The van der Waals surface area contributed by atoms with Crippen molar-refractivity contribution in [2.45, 2.75) is 76.9 Å². The summed E-state index contributed by atoms with van der Waals surface area (Å²) in [6.07, 6.45) is 8.03. The monoisotopic (exact) mass is 348 g/mol. The number of ketones is 1. The summed E-state index contributed by atoms with van der Waals surface area (Å²) in [5.74, 6) is 1.81. The summed E-state index contributed by atoms with van der Waals surface area (Å²) in [6, 6.07) is 0. The van der Waals surface area contributed by atoms with Gasteiger partial charge in [0.2, 0.25) is 0 Å². The predicted octanol–water partition coefficient (Wildman–Crippen LogP) is 2.60. The Kier molecular flexibility index (Phi) is 3.99. The van der Waals surface area contributed by atoms with Crippen LogP contribution in [-0.2, 0) is 4.79 Å². The van der Waals surface area contributed by atoms with Crippen molar-refractivity contribution in [3.63, 3.8) is 0 Å². The first kappa shape index (κ1) is 17.7. The molecule has 0 aromatic heterocycles. The summed E-state index contributed by atoms with van der Waals surface area (Å²) in [7, 11) is 0. The van der Waals surface area contributed by atoms with Crippen LogP contribution in [0.5, 0.6) is 0 Å². The fourth-order valence-electron chi connectivity index (χ4n) is 7.31. The third-order valence-corrected chi connectivity index (χ3v) is 8.90. The van der Waals surface area contributed by atoms with Crippen molar-refractivity contribution in [2.75, 3.05) is 6.61 Å². The van der Waals surface area contributed by atoms with Crippen molar-refractivity contribution in [2.24, 2.45) is 28.6 Å². The van der Waals surface area contributed by atoms with Crippen LogP contribution in [0.25, 0.3) is 0 Å². The molecular formula is C21H32O4. The lowest BCUT2D eigenvalue weighted by molar-refractivity contribution is -0.184. The van der Waals surface area contributed by atoms with Crippen LogP contribution < -0.4 is 0 Å². The Morgan fingerprint density at radius 3 is 2.56 bits per heavy atom. The SMILES string of the molecule is C[C@]12CCC(=O)C=C1CC[C@H]1[C@H]2CC[C@]2(C)[C@@H]1CC[C@]2(O)[C@@H](O)CO. The van der Waals surface area contributed by atoms with Gasteiger partial charge in [-0.1, -0.05) is 19.4 Å². The number of hydrogen-bond donors (Lipinski definition) is 3. The normalized spacial score (nSPS) is 50.5. The molecule has 0 aromatic rings. The van der Waals surface area contributed by atoms with Gasteiger partial charge in [0.1, 0.15) is 6.10 Å². The minimum atomic E-state index is -1.17. The van der Waals surface area contributed by atoms with Crippen molar-refractivity contribution in [3.05, 3.63) is 11.6 Å². The third-order valence-electron chi connectivity index (χ3n) is 8.90. The Bertz CT molecular complexity index is 613. The second kappa shape index (κ2) is 5.64. The van der Waals surface area contributed by atoms with Gasteiger partial charge in [-0.3, -0.25) is 4.79 Å². The lowest BCUT2D eigenvalue weighted by Crippen LogP contribution is -2.59. The molecule has 0 aliphatic heterocycles. The molecule has 7 atom stereocenters. The van der Waals surface area contributed by atoms with E-state index in [1.165, 1.54) is 5.57 Å². The number of fused-ring (bicyclic) bond motifs is 5. The molecule has 3 N–H and O–H groups in total. The highest BCUT2D eigenvalue weighted by molar-refractivity contribution is 5.91. The zero-order chi connectivity index (χ0) is 18.0. The van der Waals surface area contributed by atoms with E-state index in [0.717, 1.165) is 38.5 Å². The van der Waals surface area contributed by atoms with Crippen LogP contribution in [0, 0.1) is 28.6 Å². The number of carbonyl (C=O) groups excluding carboxylic acids is 1. The van der Waals surface area contributed by atoms with E-state index in [9.17, 15) is 20.1 Å². The molecule has 3 saturated carbocycles. The van der Waals surface area contributed by atoms with Gasteiger partial charge in [0, 0.05) is 11.8 Å². The van der Waals surface area contributed by atoms with Gasteiger partial charge in [-0.2, -0.15) is 0 Å². The number of rotatable bonds is 2. The van der Waals surface area contributed by atoms with Crippen molar-refractivity contribution < 1.29 is 20.1 Å². The molecule has 25 heavy (non-hydrogen) atoms. The largest absolute Gasteiger partial charge is 0.394 e. The Morgan fingerprint density at radius 1 is 1.12 bits per heavy atom. The molecule has 4 aliphatic carbocycles. The first-order chi connectivity index (χ1) is 11.8. The van der Waals surface area contributed by atoms with Crippen LogP contribution in [0.4, 0.5) is 0 Å². The number of carbonyl (C=O) groups is 1. The molecule has 4 aliphatic rings. The van der Waals surface area contributed by atoms with Crippen LogP contribution in [-0.4, -0.2) is 39.4 Å². The molecule has 4 heteroatoms. The predicted molar refractivity (Wildman–Crippen MR) is 94.8 cm³/mol. The zero-order valence-corrected chi connectivity index (χ0v) is 15.5. The first-order valence-corrected chi connectivity index (χ1v) is 10.0. The second-order valence-corrected chi connectivity index (χ2v) is 9.59. The summed E-state index contributed by atoms with van der Waals surface area (Å²) < 4.78 is 0. The average molecular weight is 348 g/mol. The van der Waals surface area contributed by atoms with Crippen LogP contribution >= 0.6 is 0 Å². The maximum Gasteiger partial charge on any atom is 0.155 e. The molecule has 0 amide bonds. The highest BCUT2D eigenvalue weighted by atomic mass is 16.4. The summed E-state index contributed by atoms with van der Waals surface area (Å²) >= 11 is 0. The number of hydrogen-bond acceptors (Lipinski definition) is 4. The molecule has 140 valence electrons. The van der Waals surface area contributed by atoms with E-state index in [-0.39, 0.29) is 23.2 Å². The maximum absolute atomic E-state index is 11.9. The van der Waals surface area contributed by atoms with Crippen LogP contribution in [0.3, 0.4) is 0 Å². The van der Waals surface area contributed by atoms with Gasteiger partial charge in [0.25, 0.3) is 0 Å². The topological polar surface area (TPSA) is 77.8 Å². The molecule has 0 aromatic carbocycles. The van der Waals surface area contributed by atoms with Gasteiger partial charge in [0.05, 0.1) is 12.2 Å². The number of aliphatic hydroxyl groups is 3. The summed E-state index contributed by atoms with van der Waals surface area (Å²) in [5, 5.41) is 31.1. The highest BCUT2D eigenvalue weighted by Crippen LogP contribution is 2.67. The fourth-order valence-corrected chi connectivity index (χ4v) is 7.31. The molecule has 0 heterocycles. The van der Waals surface area contributed by atoms with Gasteiger partial charge in [-0.15, -0.1) is 0 Å². The summed E-state index contributed by atoms with van der Waals surface area (Å²) in [6.45, 7) is 4.12. The maximum atomic E-state index is 11.9. The van der Waals surface area contributed by atoms with E-state index < -0.39 is 11.7 Å². The quantitative estimate of drug-likeness (QED) is 0.717. The lowest BCUT2D eigenvalue weighted by atomic mass is 9.46. The molecule has 3 fully saturated rings. The lowest BCUT2D eigenvalue weighted by Gasteiger charge is -2.59. The van der Waals surface area contributed by atoms with E-state index in [1.807, 2.05) is 6.08 Å². The summed E-state index contributed by atoms with van der Waals surface area (Å²) in [5.41, 5.74) is 0.00120. The van der Waals surface area contributed by atoms with Crippen molar-refractivity contribution in [1.82, 2.24) is 0 Å². The molecule has 0 saturated heterocycles. The molecule has 0 bridgehead atoms. The number of aliphatic hydroxyl groups excluding tert-OH is 2. The standard InChI is InChI=1S/C21H32O4/c1-19-8-5-14(23)11-13(19)3-4-15-16(19)6-9-20(2)17(15)7-10-21(20,25)18(24)12-22/h11,15-18,22,24-25H,3-10,12H2,1-2H3/t15-,16+,17+,18-,19-,20+,21-/m0/s1. The van der Waals surface area contributed by atoms with Crippen molar-refractivity contribution in [1.29, 1.82) is 0 Å².